The van der Waals surface area contributed by atoms with Gasteiger partial charge < -0.3 is 10.6 Å². The lowest BCUT2D eigenvalue weighted by Crippen LogP contribution is -2.25. The molecule has 6 nitrogen and oxygen atoms in total. The Bertz CT molecular complexity index is 936. The number of hydrogen-bond donors (Lipinski definition) is 2. The predicted molar refractivity (Wildman–Crippen MR) is 100 cm³/mol. The first-order chi connectivity index (χ1) is 12.0. The van der Waals surface area contributed by atoms with Crippen molar-refractivity contribution in [3.8, 4) is 0 Å². The van der Waals surface area contributed by atoms with E-state index in [4.69, 9.17) is 0 Å². The summed E-state index contributed by atoms with van der Waals surface area (Å²) in [4.78, 5) is 26.3. The second-order valence-electron chi connectivity index (χ2n) is 5.54. The van der Waals surface area contributed by atoms with Gasteiger partial charge in [-0.25, -0.2) is 0 Å². The van der Waals surface area contributed by atoms with Crippen LogP contribution < -0.4 is 10.6 Å². The third-order valence-electron chi connectivity index (χ3n) is 3.75. The Hall–Kier alpha value is -2.93. The largest absolute Gasteiger partial charge is 0.349 e. The van der Waals surface area contributed by atoms with Crippen LogP contribution in [0.15, 0.2) is 43.0 Å². The maximum atomic E-state index is 12.6. The summed E-state index contributed by atoms with van der Waals surface area (Å²) in [5, 5.41) is 10.8. The van der Waals surface area contributed by atoms with Crippen LogP contribution in [-0.2, 0) is 7.05 Å². The molecule has 0 spiro atoms. The molecule has 0 aliphatic heterocycles. The lowest BCUT2D eigenvalue weighted by atomic mass is 10.1. The summed E-state index contributed by atoms with van der Waals surface area (Å²) in [5.41, 5.74) is 1.77. The molecule has 25 heavy (non-hydrogen) atoms. The molecule has 0 radical (unpaired) electrons. The highest BCUT2D eigenvalue weighted by Gasteiger charge is 2.17. The van der Waals surface area contributed by atoms with E-state index in [-0.39, 0.29) is 11.8 Å². The molecule has 7 heteroatoms. The van der Waals surface area contributed by atoms with Crippen LogP contribution in [0.5, 0.6) is 0 Å². The molecule has 2 amide bonds. The Morgan fingerprint density at radius 3 is 2.80 bits per heavy atom. The van der Waals surface area contributed by atoms with Crippen molar-refractivity contribution in [1.29, 1.82) is 0 Å². The SMILES string of the molecule is C=CCNC(=O)c1ccccc1NC(=O)c1cc2c(C)nn(C)c2s1. The molecule has 3 rings (SSSR count). The number of benzene rings is 1. The number of amides is 2. The van der Waals surface area contributed by atoms with Crippen molar-refractivity contribution >= 4 is 39.1 Å². The van der Waals surface area contributed by atoms with Gasteiger partial charge in [-0.05, 0) is 25.1 Å². The summed E-state index contributed by atoms with van der Waals surface area (Å²) in [6, 6.07) is 8.75. The highest BCUT2D eigenvalue weighted by Crippen LogP contribution is 2.28. The summed E-state index contributed by atoms with van der Waals surface area (Å²) >= 11 is 1.37. The molecule has 0 aliphatic carbocycles. The summed E-state index contributed by atoms with van der Waals surface area (Å²) in [6.45, 7) is 5.85. The monoisotopic (exact) mass is 354 g/mol. The van der Waals surface area contributed by atoms with Crippen LogP contribution in [0, 0.1) is 6.92 Å². The fourth-order valence-electron chi connectivity index (χ4n) is 2.55. The van der Waals surface area contributed by atoms with Gasteiger partial charge in [0, 0.05) is 19.0 Å². The second-order valence-corrected chi connectivity index (χ2v) is 6.57. The zero-order valence-electron chi connectivity index (χ0n) is 14.0. The minimum atomic E-state index is -0.257. The normalized spacial score (nSPS) is 10.6. The summed E-state index contributed by atoms with van der Waals surface area (Å²) in [7, 11) is 1.85. The highest BCUT2D eigenvalue weighted by molar-refractivity contribution is 7.20. The number of carbonyl (C=O) groups is 2. The van der Waals surface area contributed by atoms with Crippen molar-refractivity contribution in [1.82, 2.24) is 15.1 Å². The number of fused-ring (bicyclic) bond motifs is 1. The van der Waals surface area contributed by atoms with E-state index in [0.717, 1.165) is 15.9 Å². The van der Waals surface area contributed by atoms with E-state index in [2.05, 4.69) is 22.3 Å². The van der Waals surface area contributed by atoms with Gasteiger partial charge in [-0.2, -0.15) is 5.10 Å². The van der Waals surface area contributed by atoms with E-state index in [9.17, 15) is 9.59 Å². The number of nitrogens with zero attached hydrogens (tertiary/aromatic N) is 2. The Morgan fingerprint density at radius 1 is 1.32 bits per heavy atom. The summed E-state index contributed by atoms with van der Waals surface area (Å²) in [5.74, 6) is -0.503. The van der Waals surface area contributed by atoms with Crippen molar-refractivity contribution in [3.05, 3.63) is 59.1 Å². The van der Waals surface area contributed by atoms with Crippen molar-refractivity contribution in [2.24, 2.45) is 7.05 Å². The quantitative estimate of drug-likeness (QED) is 0.691. The first kappa shape index (κ1) is 16.9. The topological polar surface area (TPSA) is 76.0 Å². The molecule has 0 fully saturated rings. The van der Waals surface area contributed by atoms with Crippen molar-refractivity contribution < 1.29 is 9.59 Å². The maximum absolute atomic E-state index is 12.6. The van der Waals surface area contributed by atoms with Crippen LogP contribution in [-0.4, -0.2) is 28.1 Å². The molecule has 2 heterocycles. The molecule has 128 valence electrons. The molecule has 3 aromatic rings. The van der Waals surface area contributed by atoms with E-state index in [1.807, 2.05) is 20.0 Å². The lowest BCUT2D eigenvalue weighted by molar-refractivity contribution is 0.0959. The fraction of sp³-hybridized carbons (Fsp3) is 0.167. The molecule has 0 unspecified atom stereocenters. The molecule has 0 saturated carbocycles. The van der Waals surface area contributed by atoms with E-state index >= 15 is 0 Å². The average Bonchev–Trinajstić information content (AvgIpc) is 3.15. The predicted octanol–water partition coefficient (Wildman–Crippen LogP) is 3.11. The number of nitrogens with one attached hydrogen (secondary N) is 2. The zero-order chi connectivity index (χ0) is 18.0. The van der Waals surface area contributed by atoms with Gasteiger partial charge in [-0.1, -0.05) is 18.2 Å². The number of anilines is 1. The first-order valence-corrected chi connectivity index (χ1v) is 8.55. The molecule has 1 aromatic carbocycles. The zero-order valence-corrected chi connectivity index (χ0v) is 14.8. The lowest BCUT2D eigenvalue weighted by Gasteiger charge is -2.10. The Morgan fingerprint density at radius 2 is 2.08 bits per heavy atom. The molecule has 2 aromatic heterocycles. The standard InChI is InChI=1S/C18H18N4O2S/c1-4-9-19-16(23)12-7-5-6-8-14(12)20-17(24)15-10-13-11(2)21-22(3)18(13)25-15/h4-8,10H,1,9H2,2-3H3,(H,19,23)(H,20,24). The number of carbonyl (C=O) groups excluding carboxylic acids is 2. The first-order valence-electron chi connectivity index (χ1n) is 7.74. The number of hydrogen-bond acceptors (Lipinski definition) is 4. The van der Waals surface area contributed by atoms with Gasteiger partial charge in [-0.3, -0.25) is 14.3 Å². The van der Waals surface area contributed by atoms with Crippen LogP contribution in [0.1, 0.15) is 25.7 Å². The number of para-hydroxylation sites is 1. The van der Waals surface area contributed by atoms with Crippen LogP contribution in [0.2, 0.25) is 0 Å². The van der Waals surface area contributed by atoms with Crippen molar-refractivity contribution in [2.75, 3.05) is 11.9 Å². The van der Waals surface area contributed by atoms with Crippen molar-refractivity contribution in [3.63, 3.8) is 0 Å². The Kier molecular flexibility index (Phi) is 4.67. The van der Waals surface area contributed by atoms with Crippen molar-refractivity contribution in [2.45, 2.75) is 6.92 Å². The minimum Gasteiger partial charge on any atom is -0.349 e. The Balaban J connectivity index is 1.86. The molecule has 0 bridgehead atoms. The molecular weight excluding hydrogens is 336 g/mol. The molecule has 2 N–H and O–H groups in total. The Labute approximate surface area is 149 Å². The second kappa shape index (κ2) is 6.90. The number of thiophene rings is 1. The van der Waals surface area contributed by atoms with E-state index in [0.29, 0.717) is 22.7 Å². The molecule has 0 atom stereocenters. The number of rotatable bonds is 5. The van der Waals surface area contributed by atoms with Gasteiger partial charge in [0.25, 0.3) is 11.8 Å². The maximum Gasteiger partial charge on any atom is 0.265 e. The number of aryl methyl sites for hydroxylation is 2. The van der Waals surface area contributed by atoms with Gasteiger partial charge in [0.05, 0.1) is 21.8 Å². The van der Waals surface area contributed by atoms with Crippen LogP contribution in [0.3, 0.4) is 0 Å². The third kappa shape index (κ3) is 3.32. The summed E-state index contributed by atoms with van der Waals surface area (Å²) in [6.07, 6.45) is 1.60. The van der Waals surface area contributed by atoms with E-state index in [1.54, 1.807) is 35.0 Å². The highest BCUT2D eigenvalue weighted by atomic mass is 32.1. The van der Waals surface area contributed by atoms with E-state index < -0.39 is 0 Å². The number of aromatic nitrogens is 2. The van der Waals surface area contributed by atoms with Gasteiger partial charge in [-0.15, -0.1) is 17.9 Å². The molecule has 0 aliphatic rings. The van der Waals surface area contributed by atoms with Crippen LogP contribution >= 0.6 is 11.3 Å². The fourth-order valence-corrected chi connectivity index (χ4v) is 3.57. The smallest absolute Gasteiger partial charge is 0.265 e. The molecular formula is C18H18N4O2S. The molecule has 0 saturated heterocycles. The van der Waals surface area contributed by atoms with E-state index in [1.165, 1.54) is 11.3 Å². The van der Waals surface area contributed by atoms with Gasteiger partial charge in [0.15, 0.2) is 0 Å². The van der Waals surface area contributed by atoms with Crippen LogP contribution in [0.4, 0.5) is 5.69 Å². The summed E-state index contributed by atoms with van der Waals surface area (Å²) < 4.78 is 1.77. The van der Waals surface area contributed by atoms with Gasteiger partial charge >= 0.3 is 0 Å². The van der Waals surface area contributed by atoms with Gasteiger partial charge in [0.2, 0.25) is 0 Å². The third-order valence-corrected chi connectivity index (χ3v) is 4.95. The average molecular weight is 354 g/mol. The minimum absolute atomic E-state index is 0.246. The van der Waals surface area contributed by atoms with Crippen LogP contribution in [0.25, 0.3) is 10.2 Å². The van der Waals surface area contributed by atoms with Gasteiger partial charge in [0.1, 0.15) is 4.83 Å².